The van der Waals surface area contributed by atoms with Crippen molar-refractivity contribution in [3.05, 3.63) is 77.4 Å². The minimum Gasteiger partial charge on any atom is -0.480 e. The molecular formula is C25H29NO2. The molecule has 0 fully saturated rings. The highest BCUT2D eigenvalue weighted by molar-refractivity contribution is 5.89. The van der Waals surface area contributed by atoms with Crippen molar-refractivity contribution in [3.63, 3.8) is 0 Å². The number of nitrogens with one attached hydrogen (secondary N) is 1. The molecule has 0 saturated heterocycles. The Hall–Kier alpha value is -2.81. The summed E-state index contributed by atoms with van der Waals surface area (Å²) in [5.41, 5.74) is 3.60. The molecule has 0 spiro atoms. The van der Waals surface area contributed by atoms with Crippen LogP contribution in [-0.4, -0.2) is 12.0 Å². The normalized spacial score (nSPS) is 13.1. The van der Waals surface area contributed by atoms with Gasteiger partial charge in [-0.15, -0.1) is 0 Å². The molecule has 1 amide bonds. The molecule has 28 heavy (non-hydrogen) atoms. The van der Waals surface area contributed by atoms with Gasteiger partial charge in [0.2, 0.25) is 0 Å². The minimum atomic E-state index is -0.523. The molecule has 0 aliphatic heterocycles. The van der Waals surface area contributed by atoms with Crippen LogP contribution < -0.4 is 10.1 Å². The van der Waals surface area contributed by atoms with Crippen LogP contribution in [0.2, 0.25) is 0 Å². The molecule has 3 heteroatoms. The topological polar surface area (TPSA) is 38.3 Å². The fourth-order valence-electron chi connectivity index (χ4n) is 3.65. The van der Waals surface area contributed by atoms with Gasteiger partial charge in [-0.25, -0.2) is 0 Å². The zero-order valence-corrected chi connectivity index (χ0v) is 17.2. The number of aryl methyl sites for hydroxylation is 2. The number of fused-ring (bicyclic) bond motifs is 1. The van der Waals surface area contributed by atoms with E-state index < -0.39 is 6.10 Å². The van der Waals surface area contributed by atoms with E-state index in [9.17, 15) is 4.79 Å². The van der Waals surface area contributed by atoms with Crippen molar-refractivity contribution in [1.29, 1.82) is 0 Å². The first-order chi connectivity index (χ1) is 13.5. The van der Waals surface area contributed by atoms with Gasteiger partial charge < -0.3 is 10.1 Å². The predicted molar refractivity (Wildman–Crippen MR) is 116 cm³/mol. The fraction of sp³-hybridized carbons (Fsp3) is 0.320. The van der Waals surface area contributed by atoms with Gasteiger partial charge in [-0.3, -0.25) is 4.79 Å². The molecule has 0 heterocycles. The van der Waals surface area contributed by atoms with Crippen LogP contribution in [0.15, 0.2) is 60.7 Å². The largest absolute Gasteiger partial charge is 0.480 e. The van der Waals surface area contributed by atoms with E-state index in [-0.39, 0.29) is 11.9 Å². The van der Waals surface area contributed by atoms with Gasteiger partial charge in [-0.05, 0) is 49.3 Å². The van der Waals surface area contributed by atoms with Crippen molar-refractivity contribution in [3.8, 4) is 5.75 Å². The Bertz CT molecular complexity index is 958. The summed E-state index contributed by atoms with van der Waals surface area (Å²) in [5.74, 6) is 0.682. The highest BCUT2D eigenvalue weighted by atomic mass is 16.5. The van der Waals surface area contributed by atoms with E-state index >= 15 is 0 Å². The summed E-state index contributed by atoms with van der Waals surface area (Å²) in [7, 11) is 0. The molecule has 0 unspecified atom stereocenters. The number of ether oxygens (including phenoxy) is 1. The molecule has 0 aliphatic carbocycles. The zero-order valence-electron chi connectivity index (χ0n) is 17.2. The maximum Gasteiger partial charge on any atom is 0.261 e. The first kappa shape index (κ1) is 19.9. The standard InChI is InChI=1S/C25H29NO2/c1-5-22(20-15-14-17(3)16-18(20)4)26-25(27)23(6-2)28-24-13-9-11-19-10-7-8-12-21(19)24/h7-16,22-23H,5-6H2,1-4H3,(H,26,27)/t22-,23+/m1/s1. The van der Waals surface area contributed by atoms with E-state index in [0.717, 1.165) is 22.9 Å². The Kier molecular flexibility index (Phi) is 6.35. The van der Waals surface area contributed by atoms with E-state index in [1.165, 1.54) is 16.7 Å². The lowest BCUT2D eigenvalue weighted by Crippen LogP contribution is -2.40. The number of benzene rings is 3. The second kappa shape index (κ2) is 8.92. The Morgan fingerprint density at radius 1 is 0.964 bits per heavy atom. The van der Waals surface area contributed by atoms with Crippen molar-refractivity contribution in [2.24, 2.45) is 0 Å². The number of amides is 1. The number of rotatable bonds is 7. The molecule has 3 rings (SSSR count). The molecule has 0 aliphatic rings. The van der Waals surface area contributed by atoms with Gasteiger partial charge in [0, 0.05) is 5.39 Å². The van der Waals surface area contributed by atoms with Gasteiger partial charge in [0.15, 0.2) is 6.10 Å². The van der Waals surface area contributed by atoms with Crippen LogP contribution in [0, 0.1) is 13.8 Å². The lowest BCUT2D eigenvalue weighted by Gasteiger charge is -2.24. The van der Waals surface area contributed by atoms with Crippen molar-refractivity contribution in [2.45, 2.75) is 52.7 Å². The Morgan fingerprint density at radius 2 is 1.71 bits per heavy atom. The number of carbonyl (C=O) groups is 1. The summed E-state index contributed by atoms with van der Waals surface area (Å²) in [6, 6.07) is 20.4. The van der Waals surface area contributed by atoms with Crippen LogP contribution in [0.3, 0.4) is 0 Å². The first-order valence-corrected chi connectivity index (χ1v) is 10.1. The van der Waals surface area contributed by atoms with Gasteiger partial charge in [-0.1, -0.05) is 74.0 Å². The van der Waals surface area contributed by atoms with Crippen molar-refractivity contribution >= 4 is 16.7 Å². The molecule has 2 atom stereocenters. The molecule has 0 radical (unpaired) electrons. The highest BCUT2D eigenvalue weighted by Gasteiger charge is 2.23. The quantitative estimate of drug-likeness (QED) is 0.560. The van der Waals surface area contributed by atoms with Crippen LogP contribution in [0.5, 0.6) is 5.75 Å². The van der Waals surface area contributed by atoms with Gasteiger partial charge in [0.05, 0.1) is 6.04 Å². The van der Waals surface area contributed by atoms with Crippen LogP contribution >= 0.6 is 0 Å². The average molecular weight is 376 g/mol. The van der Waals surface area contributed by atoms with E-state index in [1.54, 1.807) is 0 Å². The average Bonchev–Trinajstić information content (AvgIpc) is 2.70. The maximum absolute atomic E-state index is 13.0. The van der Waals surface area contributed by atoms with Gasteiger partial charge in [-0.2, -0.15) is 0 Å². The van der Waals surface area contributed by atoms with Crippen LogP contribution in [0.4, 0.5) is 0 Å². The fourth-order valence-corrected chi connectivity index (χ4v) is 3.65. The molecule has 1 N–H and O–H groups in total. The van der Waals surface area contributed by atoms with Crippen LogP contribution in [0.1, 0.15) is 49.4 Å². The molecule has 3 nitrogen and oxygen atoms in total. The molecule has 0 saturated carbocycles. The molecule has 3 aromatic rings. The number of carbonyl (C=O) groups excluding carboxylic acids is 1. The summed E-state index contributed by atoms with van der Waals surface area (Å²) < 4.78 is 6.16. The van der Waals surface area contributed by atoms with Gasteiger partial charge in [0.1, 0.15) is 5.75 Å². The Morgan fingerprint density at radius 3 is 2.43 bits per heavy atom. The third-order valence-electron chi connectivity index (χ3n) is 5.21. The predicted octanol–water partition coefficient (Wildman–Crippen LogP) is 5.88. The lowest BCUT2D eigenvalue weighted by molar-refractivity contribution is -0.128. The van der Waals surface area contributed by atoms with Crippen molar-refractivity contribution in [2.75, 3.05) is 0 Å². The first-order valence-electron chi connectivity index (χ1n) is 10.1. The second-order valence-electron chi connectivity index (χ2n) is 7.32. The molecular weight excluding hydrogens is 346 g/mol. The third-order valence-corrected chi connectivity index (χ3v) is 5.21. The number of hydrogen-bond acceptors (Lipinski definition) is 2. The number of hydrogen-bond donors (Lipinski definition) is 1. The molecule has 0 bridgehead atoms. The van der Waals surface area contributed by atoms with Crippen LogP contribution in [-0.2, 0) is 4.79 Å². The second-order valence-corrected chi connectivity index (χ2v) is 7.32. The summed E-state index contributed by atoms with van der Waals surface area (Å²) in [4.78, 5) is 13.0. The van der Waals surface area contributed by atoms with E-state index in [0.29, 0.717) is 6.42 Å². The van der Waals surface area contributed by atoms with Crippen molar-refractivity contribution in [1.82, 2.24) is 5.32 Å². The molecule has 146 valence electrons. The summed E-state index contributed by atoms with van der Waals surface area (Å²) in [6.45, 7) is 8.26. The van der Waals surface area contributed by atoms with Gasteiger partial charge in [0.25, 0.3) is 5.91 Å². The maximum atomic E-state index is 13.0. The zero-order chi connectivity index (χ0) is 20.1. The summed E-state index contributed by atoms with van der Waals surface area (Å²) in [6.07, 6.45) is 0.921. The summed E-state index contributed by atoms with van der Waals surface area (Å²) >= 11 is 0. The van der Waals surface area contributed by atoms with Crippen molar-refractivity contribution < 1.29 is 9.53 Å². The summed E-state index contributed by atoms with van der Waals surface area (Å²) in [5, 5.41) is 5.33. The van der Waals surface area contributed by atoms with E-state index in [4.69, 9.17) is 4.74 Å². The Balaban J connectivity index is 1.79. The smallest absolute Gasteiger partial charge is 0.261 e. The molecule has 0 aromatic heterocycles. The minimum absolute atomic E-state index is 0.0155. The van der Waals surface area contributed by atoms with E-state index in [1.807, 2.05) is 37.3 Å². The highest BCUT2D eigenvalue weighted by Crippen LogP contribution is 2.27. The van der Waals surface area contributed by atoms with E-state index in [2.05, 4.69) is 56.4 Å². The SMILES string of the molecule is CC[C@H](Oc1cccc2ccccc12)C(=O)N[C@H](CC)c1ccc(C)cc1C. The monoisotopic (exact) mass is 375 g/mol. The Labute approximate surface area is 167 Å². The molecule has 3 aromatic carbocycles. The van der Waals surface area contributed by atoms with Gasteiger partial charge >= 0.3 is 0 Å². The third kappa shape index (κ3) is 4.36. The van der Waals surface area contributed by atoms with Crippen LogP contribution in [0.25, 0.3) is 10.8 Å². The lowest BCUT2D eigenvalue weighted by atomic mass is 9.97.